The van der Waals surface area contributed by atoms with Crippen LogP contribution in [0.2, 0.25) is 0 Å². The fourth-order valence-corrected chi connectivity index (χ4v) is 5.23. The van der Waals surface area contributed by atoms with E-state index in [1.807, 2.05) is 65.5 Å². The van der Waals surface area contributed by atoms with E-state index < -0.39 is 12.1 Å². The average molecular weight is 513 g/mol. The summed E-state index contributed by atoms with van der Waals surface area (Å²) in [6.07, 6.45) is 3.50. The molecule has 1 fully saturated rings. The highest BCUT2D eigenvalue weighted by atomic mass is 19.1. The molecule has 6 rings (SSSR count). The summed E-state index contributed by atoms with van der Waals surface area (Å²) in [5.41, 5.74) is 4.33. The molecule has 4 aromatic rings. The van der Waals surface area contributed by atoms with Crippen LogP contribution in [0.1, 0.15) is 67.0 Å². The Morgan fingerprint density at radius 2 is 1.76 bits per heavy atom. The molecule has 1 heterocycles. The van der Waals surface area contributed by atoms with Gasteiger partial charge in [-0.15, -0.1) is 0 Å². The van der Waals surface area contributed by atoms with Crippen LogP contribution >= 0.6 is 0 Å². The molecule has 0 radical (unpaired) electrons. The molecule has 0 amide bonds. The summed E-state index contributed by atoms with van der Waals surface area (Å²) in [6.45, 7) is 4.23. The van der Waals surface area contributed by atoms with Gasteiger partial charge in [-0.3, -0.25) is 4.79 Å². The van der Waals surface area contributed by atoms with Crippen LogP contribution < -0.4 is 9.47 Å². The van der Waals surface area contributed by atoms with Gasteiger partial charge in [-0.2, -0.15) is 5.10 Å². The smallest absolute Gasteiger partial charge is 0.307 e. The zero-order chi connectivity index (χ0) is 26.4. The largest absolute Gasteiger partial charge is 0.486 e. The van der Waals surface area contributed by atoms with Crippen LogP contribution in [0.5, 0.6) is 17.2 Å². The third kappa shape index (κ3) is 4.64. The van der Waals surface area contributed by atoms with Crippen LogP contribution in [0.15, 0.2) is 72.9 Å². The molecular formula is C31H29FN2O4. The molecule has 2 aliphatic carbocycles. The molecule has 194 valence electrons. The average Bonchev–Trinajstić information content (AvgIpc) is 3.35. The topological polar surface area (TPSA) is 73.6 Å². The molecule has 6 nitrogen and oxygen atoms in total. The fourth-order valence-electron chi connectivity index (χ4n) is 5.23. The number of aromatic nitrogens is 2. The van der Waals surface area contributed by atoms with Crippen LogP contribution in [0, 0.1) is 11.7 Å². The minimum Gasteiger partial charge on any atom is -0.486 e. The van der Waals surface area contributed by atoms with E-state index in [4.69, 9.17) is 14.6 Å². The van der Waals surface area contributed by atoms with E-state index in [9.17, 15) is 9.18 Å². The molecule has 3 aromatic carbocycles. The van der Waals surface area contributed by atoms with Crippen molar-refractivity contribution in [1.29, 1.82) is 0 Å². The minimum atomic E-state index is -0.750. The van der Waals surface area contributed by atoms with Gasteiger partial charge in [-0.25, -0.2) is 9.07 Å². The highest BCUT2D eigenvalue weighted by molar-refractivity contribution is 5.75. The first-order valence-corrected chi connectivity index (χ1v) is 13.0. The number of ether oxygens (including phenoxy) is 2. The van der Waals surface area contributed by atoms with Gasteiger partial charge < -0.3 is 14.6 Å². The van der Waals surface area contributed by atoms with E-state index in [1.165, 1.54) is 6.07 Å². The number of hydrogen-bond donors (Lipinski definition) is 1. The number of benzene rings is 3. The van der Waals surface area contributed by atoms with E-state index in [-0.39, 0.29) is 17.7 Å². The summed E-state index contributed by atoms with van der Waals surface area (Å²) in [6, 6.07) is 20.3. The molecule has 0 bridgehead atoms. The molecule has 3 atom stereocenters. The quantitative estimate of drug-likeness (QED) is 0.271. The second kappa shape index (κ2) is 9.63. The molecule has 0 spiro atoms. The number of fused-ring (bicyclic) bond motifs is 1. The summed E-state index contributed by atoms with van der Waals surface area (Å²) in [5.74, 6) is 1.01. The highest BCUT2D eigenvalue weighted by Gasteiger charge is 2.44. The lowest BCUT2D eigenvalue weighted by atomic mass is 10.1. The first-order valence-electron chi connectivity index (χ1n) is 13.0. The first kappa shape index (κ1) is 24.2. The molecule has 0 unspecified atom stereocenters. The third-order valence-electron chi connectivity index (χ3n) is 7.46. The van der Waals surface area contributed by atoms with Gasteiger partial charge in [0.05, 0.1) is 17.3 Å². The maximum atomic E-state index is 15.0. The van der Waals surface area contributed by atoms with Crippen LogP contribution in [0.25, 0.3) is 5.69 Å². The number of carboxylic acids is 1. The Morgan fingerprint density at radius 1 is 1.03 bits per heavy atom. The van der Waals surface area contributed by atoms with Gasteiger partial charge in [0, 0.05) is 17.3 Å². The number of carboxylic acid groups (broad SMARTS) is 1. The van der Waals surface area contributed by atoms with Crippen LogP contribution in [-0.2, 0) is 11.2 Å². The number of nitrogens with zero attached hydrogens (tertiary/aromatic N) is 2. The number of carbonyl (C=O) groups is 1. The van der Waals surface area contributed by atoms with Crippen molar-refractivity contribution in [2.75, 3.05) is 0 Å². The molecule has 1 N–H and O–H groups in total. The summed E-state index contributed by atoms with van der Waals surface area (Å²) in [7, 11) is 0. The van der Waals surface area contributed by atoms with Crippen molar-refractivity contribution >= 4 is 5.97 Å². The number of hydrogen-bond acceptors (Lipinski definition) is 4. The van der Waals surface area contributed by atoms with Crippen molar-refractivity contribution < 1.29 is 23.8 Å². The third-order valence-corrected chi connectivity index (χ3v) is 7.46. The van der Waals surface area contributed by atoms with Gasteiger partial charge in [-0.05, 0) is 91.3 Å². The minimum absolute atomic E-state index is 0.0667. The molecule has 1 saturated carbocycles. The Balaban J connectivity index is 1.16. The lowest BCUT2D eigenvalue weighted by Gasteiger charge is -2.17. The summed E-state index contributed by atoms with van der Waals surface area (Å²) < 4.78 is 29.2. The monoisotopic (exact) mass is 512 g/mol. The maximum Gasteiger partial charge on any atom is 0.307 e. The van der Waals surface area contributed by atoms with Gasteiger partial charge in [0.25, 0.3) is 0 Å². The second-order valence-corrected chi connectivity index (χ2v) is 10.4. The van der Waals surface area contributed by atoms with E-state index in [0.29, 0.717) is 48.0 Å². The van der Waals surface area contributed by atoms with Crippen molar-refractivity contribution in [1.82, 2.24) is 9.78 Å². The van der Waals surface area contributed by atoms with Crippen LogP contribution in [-0.4, -0.2) is 20.9 Å². The van der Waals surface area contributed by atoms with Crippen molar-refractivity contribution in [3.05, 3.63) is 101 Å². The van der Waals surface area contributed by atoms with Gasteiger partial charge in [0.15, 0.2) is 0 Å². The van der Waals surface area contributed by atoms with Gasteiger partial charge >= 0.3 is 5.97 Å². The van der Waals surface area contributed by atoms with Crippen LogP contribution in [0.3, 0.4) is 0 Å². The zero-order valence-corrected chi connectivity index (χ0v) is 21.3. The molecule has 7 heteroatoms. The van der Waals surface area contributed by atoms with Crippen molar-refractivity contribution in [2.45, 2.75) is 51.0 Å². The summed E-state index contributed by atoms with van der Waals surface area (Å²) in [4.78, 5) is 11.2. The van der Waals surface area contributed by atoms with Crippen LogP contribution in [0.4, 0.5) is 4.39 Å². The zero-order valence-electron chi connectivity index (χ0n) is 21.3. The standard InChI is InChI=1S/C31H29FN2O4/c1-18(2)27-15-16-34(33-27)20-5-9-22(10-6-20)37-28-14-12-26(32)30-23(28)11-13-29(30)38-21-7-3-19(4-8-21)24-17-25(24)31(35)36/h3-10,12,14-16,18,24-25,29H,11,13,17H2,1-2H3,(H,35,36)/t24-,25+,29-/m1/s1. The maximum absolute atomic E-state index is 15.0. The lowest BCUT2D eigenvalue weighted by Crippen LogP contribution is -2.06. The number of rotatable bonds is 8. The Hall–Kier alpha value is -4.13. The predicted molar refractivity (Wildman–Crippen MR) is 141 cm³/mol. The molecule has 1 aromatic heterocycles. The molecule has 2 aliphatic rings. The molecule has 0 saturated heterocycles. The first-order chi connectivity index (χ1) is 18.4. The lowest BCUT2D eigenvalue weighted by molar-refractivity contribution is -0.138. The van der Waals surface area contributed by atoms with E-state index in [1.54, 1.807) is 6.07 Å². The Morgan fingerprint density at radius 3 is 2.42 bits per heavy atom. The van der Waals surface area contributed by atoms with E-state index in [0.717, 1.165) is 22.5 Å². The van der Waals surface area contributed by atoms with Crippen molar-refractivity contribution in [3.63, 3.8) is 0 Å². The highest BCUT2D eigenvalue weighted by Crippen LogP contribution is 2.48. The van der Waals surface area contributed by atoms with E-state index >= 15 is 0 Å². The fraction of sp³-hybridized carbons (Fsp3) is 0.290. The normalized spacial score (nSPS) is 19.8. The Bertz CT molecular complexity index is 1480. The Kier molecular flexibility index (Phi) is 6.14. The SMILES string of the molecule is CC(C)c1ccn(-c2ccc(Oc3ccc(F)c4c3CC[C@H]4Oc3ccc([C@H]4C[C@@H]4C(=O)O)cc3)cc2)n1. The predicted octanol–water partition coefficient (Wildman–Crippen LogP) is 7.18. The van der Waals surface area contributed by atoms with Gasteiger partial charge in [-0.1, -0.05) is 26.0 Å². The molecule has 38 heavy (non-hydrogen) atoms. The summed E-state index contributed by atoms with van der Waals surface area (Å²) in [5, 5.41) is 13.8. The molecule has 0 aliphatic heterocycles. The van der Waals surface area contributed by atoms with Gasteiger partial charge in [0.2, 0.25) is 0 Å². The van der Waals surface area contributed by atoms with Crippen molar-refractivity contribution in [2.24, 2.45) is 5.92 Å². The number of aliphatic carboxylic acids is 1. The molecular weight excluding hydrogens is 483 g/mol. The summed E-state index contributed by atoms with van der Waals surface area (Å²) >= 11 is 0. The van der Waals surface area contributed by atoms with Gasteiger partial charge in [0.1, 0.15) is 29.2 Å². The van der Waals surface area contributed by atoms with E-state index in [2.05, 4.69) is 18.9 Å². The number of halogens is 1. The van der Waals surface area contributed by atoms with Crippen molar-refractivity contribution in [3.8, 4) is 22.9 Å². The second-order valence-electron chi connectivity index (χ2n) is 10.4. The Labute approximate surface area is 220 Å².